The number of halogens is 1. The smallest absolute Gasteiger partial charge is 0.265 e. The lowest BCUT2D eigenvalue weighted by molar-refractivity contribution is 0.594. The van der Waals surface area contributed by atoms with E-state index in [-0.39, 0.29) is 15.6 Å². The van der Waals surface area contributed by atoms with Crippen molar-refractivity contribution in [2.24, 2.45) is 0 Å². The Morgan fingerprint density at radius 2 is 1.95 bits per heavy atom. The van der Waals surface area contributed by atoms with Crippen molar-refractivity contribution in [1.82, 2.24) is 4.98 Å². The predicted octanol–water partition coefficient (Wildman–Crippen LogP) is 2.14. The first-order chi connectivity index (χ1) is 8.94. The van der Waals surface area contributed by atoms with Crippen LogP contribution in [-0.4, -0.2) is 20.4 Å². The van der Waals surface area contributed by atoms with Gasteiger partial charge in [0.25, 0.3) is 10.0 Å². The highest BCUT2D eigenvalue weighted by atomic mass is 35.5. The Morgan fingerprint density at radius 1 is 1.26 bits per heavy atom. The number of nitrogens with zero attached hydrogens (tertiary/aromatic N) is 2. The van der Waals surface area contributed by atoms with Gasteiger partial charge in [-0.3, -0.25) is 9.29 Å². The van der Waals surface area contributed by atoms with Gasteiger partial charge in [0.1, 0.15) is 4.90 Å². The minimum Gasteiger partial charge on any atom is -0.396 e. The molecule has 5 nitrogen and oxygen atoms in total. The van der Waals surface area contributed by atoms with Crippen LogP contribution >= 0.6 is 11.6 Å². The second-order valence-electron chi connectivity index (χ2n) is 3.84. The van der Waals surface area contributed by atoms with Crippen molar-refractivity contribution in [3.8, 4) is 0 Å². The number of hydrogen-bond acceptors (Lipinski definition) is 4. The lowest BCUT2D eigenvalue weighted by Crippen LogP contribution is -2.27. The van der Waals surface area contributed by atoms with E-state index in [1.807, 2.05) is 0 Å². The average molecular weight is 298 g/mol. The van der Waals surface area contributed by atoms with Crippen LogP contribution in [0, 0.1) is 0 Å². The zero-order valence-corrected chi connectivity index (χ0v) is 11.7. The summed E-state index contributed by atoms with van der Waals surface area (Å²) < 4.78 is 26.0. The molecule has 2 rings (SSSR count). The number of hydrogen-bond donors (Lipinski definition) is 1. The monoisotopic (exact) mass is 297 g/mol. The largest absolute Gasteiger partial charge is 0.396 e. The molecule has 0 saturated carbocycles. The van der Waals surface area contributed by atoms with Crippen LogP contribution in [0.5, 0.6) is 0 Å². The first-order valence-electron chi connectivity index (χ1n) is 5.37. The van der Waals surface area contributed by atoms with E-state index in [0.29, 0.717) is 5.69 Å². The minimum atomic E-state index is -3.75. The van der Waals surface area contributed by atoms with Crippen LogP contribution in [-0.2, 0) is 10.0 Å². The van der Waals surface area contributed by atoms with Gasteiger partial charge in [0, 0.05) is 13.2 Å². The molecule has 0 aliphatic carbocycles. The Bertz CT molecular complexity index is 704. The van der Waals surface area contributed by atoms with Gasteiger partial charge in [-0.25, -0.2) is 8.42 Å². The molecule has 0 aliphatic heterocycles. The maximum absolute atomic E-state index is 12.5. The topological polar surface area (TPSA) is 76.3 Å². The maximum atomic E-state index is 12.5. The summed E-state index contributed by atoms with van der Waals surface area (Å²) >= 11 is 5.93. The van der Waals surface area contributed by atoms with Gasteiger partial charge in [-0.05, 0) is 18.2 Å². The van der Waals surface area contributed by atoms with Crippen LogP contribution in [0.1, 0.15) is 0 Å². The van der Waals surface area contributed by atoms with Crippen molar-refractivity contribution in [3.05, 3.63) is 47.7 Å². The highest BCUT2D eigenvalue weighted by Crippen LogP contribution is 2.29. The molecule has 0 aliphatic rings. The molecule has 2 N–H and O–H groups in total. The maximum Gasteiger partial charge on any atom is 0.265 e. The molecule has 0 atom stereocenters. The van der Waals surface area contributed by atoms with Crippen LogP contribution in [0.4, 0.5) is 11.4 Å². The van der Waals surface area contributed by atoms with Crippen LogP contribution < -0.4 is 10.0 Å². The summed E-state index contributed by atoms with van der Waals surface area (Å²) in [6.07, 6.45) is 2.87. The van der Waals surface area contributed by atoms with Crippen molar-refractivity contribution in [2.45, 2.75) is 4.90 Å². The Kier molecular flexibility index (Phi) is 3.64. The first-order valence-corrected chi connectivity index (χ1v) is 7.19. The molecule has 0 spiro atoms. The molecule has 0 radical (unpaired) electrons. The molecule has 0 saturated heterocycles. The minimum absolute atomic E-state index is 0.0374. The summed E-state index contributed by atoms with van der Waals surface area (Å²) in [5.41, 5.74) is 6.37. The number of sulfonamides is 1. The molecular weight excluding hydrogens is 286 g/mol. The van der Waals surface area contributed by atoms with Crippen molar-refractivity contribution in [1.29, 1.82) is 0 Å². The fourth-order valence-electron chi connectivity index (χ4n) is 1.62. The van der Waals surface area contributed by atoms with Crippen LogP contribution in [0.25, 0.3) is 0 Å². The summed E-state index contributed by atoms with van der Waals surface area (Å²) in [5, 5.41) is 0.168. The molecule has 100 valence electrons. The predicted molar refractivity (Wildman–Crippen MR) is 75.7 cm³/mol. The average Bonchev–Trinajstić information content (AvgIpc) is 2.39. The van der Waals surface area contributed by atoms with E-state index in [9.17, 15) is 8.42 Å². The molecule has 1 aromatic carbocycles. The normalized spacial score (nSPS) is 11.3. The fraction of sp³-hybridized carbons (Fsp3) is 0.0833. The van der Waals surface area contributed by atoms with E-state index in [1.165, 1.54) is 37.6 Å². The number of aromatic nitrogens is 1. The number of nitrogen functional groups attached to an aromatic ring is 1. The standard InChI is InChI=1S/C12H12ClN3O2S/c1-16(11-6-7-15-8-10(11)14)19(17,18)12-5-3-2-4-9(12)13/h2-8H,14H2,1H3. The van der Waals surface area contributed by atoms with Crippen LogP contribution in [0.15, 0.2) is 47.6 Å². The zero-order chi connectivity index (χ0) is 14.0. The fourth-order valence-corrected chi connectivity index (χ4v) is 3.33. The van der Waals surface area contributed by atoms with Gasteiger partial charge >= 0.3 is 0 Å². The van der Waals surface area contributed by atoms with Gasteiger partial charge in [0.05, 0.1) is 22.6 Å². The number of rotatable bonds is 3. The van der Waals surface area contributed by atoms with E-state index in [4.69, 9.17) is 17.3 Å². The summed E-state index contributed by atoms with van der Waals surface area (Å²) in [6.45, 7) is 0. The number of benzene rings is 1. The highest BCUT2D eigenvalue weighted by molar-refractivity contribution is 7.93. The lowest BCUT2D eigenvalue weighted by atomic mass is 10.3. The lowest BCUT2D eigenvalue weighted by Gasteiger charge is -2.21. The highest BCUT2D eigenvalue weighted by Gasteiger charge is 2.24. The van der Waals surface area contributed by atoms with Crippen LogP contribution in [0.3, 0.4) is 0 Å². The van der Waals surface area contributed by atoms with Crippen molar-refractivity contribution in [2.75, 3.05) is 17.1 Å². The molecule has 0 bridgehead atoms. The number of nitrogens with two attached hydrogens (primary N) is 1. The Labute approximate surface area is 116 Å². The summed E-state index contributed by atoms with van der Waals surface area (Å²) in [4.78, 5) is 3.86. The first kappa shape index (κ1) is 13.6. The van der Waals surface area contributed by atoms with Gasteiger partial charge in [-0.1, -0.05) is 23.7 Å². The Balaban J connectivity index is 2.52. The zero-order valence-electron chi connectivity index (χ0n) is 10.1. The van der Waals surface area contributed by atoms with E-state index in [0.717, 1.165) is 4.31 Å². The number of pyridine rings is 1. The third-order valence-electron chi connectivity index (χ3n) is 2.64. The Hall–Kier alpha value is -1.79. The molecule has 19 heavy (non-hydrogen) atoms. The van der Waals surface area contributed by atoms with Gasteiger partial charge in [-0.2, -0.15) is 0 Å². The SMILES string of the molecule is CN(c1ccncc1N)S(=O)(=O)c1ccccc1Cl. The third kappa shape index (κ3) is 2.50. The van der Waals surface area contributed by atoms with Gasteiger partial charge < -0.3 is 5.73 Å². The molecule has 2 aromatic rings. The van der Waals surface area contributed by atoms with Crippen LogP contribution in [0.2, 0.25) is 5.02 Å². The number of anilines is 2. The molecule has 1 aromatic heterocycles. The molecular formula is C12H12ClN3O2S. The summed E-state index contributed by atoms with van der Waals surface area (Å²) in [5.74, 6) is 0. The van der Waals surface area contributed by atoms with E-state index >= 15 is 0 Å². The molecule has 1 heterocycles. The van der Waals surface area contributed by atoms with E-state index < -0.39 is 10.0 Å². The third-order valence-corrected chi connectivity index (χ3v) is 4.91. The summed E-state index contributed by atoms with van der Waals surface area (Å²) in [7, 11) is -2.33. The second kappa shape index (κ2) is 5.07. The van der Waals surface area contributed by atoms with Gasteiger partial charge in [0.2, 0.25) is 0 Å². The molecule has 0 fully saturated rings. The summed E-state index contributed by atoms with van der Waals surface area (Å²) in [6, 6.07) is 7.79. The van der Waals surface area contributed by atoms with Crippen molar-refractivity contribution >= 4 is 33.0 Å². The van der Waals surface area contributed by atoms with Gasteiger partial charge in [0.15, 0.2) is 0 Å². The quantitative estimate of drug-likeness (QED) is 0.941. The Morgan fingerprint density at radius 3 is 2.58 bits per heavy atom. The molecule has 0 amide bonds. The second-order valence-corrected chi connectivity index (χ2v) is 6.18. The van der Waals surface area contributed by atoms with E-state index in [1.54, 1.807) is 12.1 Å². The van der Waals surface area contributed by atoms with E-state index in [2.05, 4.69) is 4.98 Å². The molecule has 0 unspecified atom stereocenters. The van der Waals surface area contributed by atoms with Gasteiger partial charge in [-0.15, -0.1) is 0 Å². The van der Waals surface area contributed by atoms with Crippen molar-refractivity contribution in [3.63, 3.8) is 0 Å². The molecule has 7 heteroatoms. The van der Waals surface area contributed by atoms with Crippen molar-refractivity contribution < 1.29 is 8.42 Å².